The molecule has 0 amide bonds. The highest BCUT2D eigenvalue weighted by molar-refractivity contribution is 7.98. The molecular formula is C10H14ClN3OS. The maximum atomic E-state index is 10.8. The Labute approximate surface area is 104 Å². The summed E-state index contributed by atoms with van der Waals surface area (Å²) in [5, 5.41) is 3.28. The Hall–Kier alpha value is -0.810. The van der Waals surface area contributed by atoms with E-state index in [4.69, 9.17) is 11.6 Å². The van der Waals surface area contributed by atoms with Crippen molar-refractivity contribution in [2.24, 2.45) is 0 Å². The van der Waals surface area contributed by atoms with Crippen molar-refractivity contribution in [2.45, 2.75) is 12.8 Å². The smallest absolute Gasteiger partial charge is 0.156 e. The first-order valence-corrected chi connectivity index (χ1v) is 6.75. The third-order valence-electron chi connectivity index (χ3n) is 2.02. The zero-order valence-electron chi connectivity index (χ0n) is 9.07. The molecule has 6 heteroatoms. The minimum absolute atomic E-state index is 0.191. The van der Waals surface area contributed by atoms with E-state index >= 15 is 0 Å². The molecule has 16 heavy (non-hydrogen) atoms. The van der Waals surface area contributed by atoms with Crippen LogP contribution in [-0.4, -0.2) is 34.8 Å². The van der Waals surface area contributed by atoms with Gasteiger partial charge in [0, 0.05) is 6.54 Å². The number of anilines is 1. The summed E-state index contributed by atoms with van der Waals surface area (Å²) in [4.78, 5) is 18.5. The molecule has 0 aliphatic carbocycles. The lowest BCUT2D eigenvalue weighted by molar-refractivity contribution is 0.112. The molecule has 1 aromatic rings. The predicted molar refractivity (Wildman–Crippen MR) is 68.5 cm³/mol. The van der Waals surface area contributed by atoms with Crippen molar-refractivity contribution in [2.75, 3.05) is 23.9 Å². The summed E-state index contributed by atoms with van der Waals surface area (Å²) in [6.07, 6.45) is 6.29. The van der Waals surface area contributed by atoms with Gasteiger partial charge in [0.15, 0.2) is 6.29 Å². The summed E-state index contributed by atoms with van der Waals surface area (Å²) >= 11 is 7.59. The van der Waals surface area contributed by atoms with Gasteiger partial charge >= 0.3 is 0 Å². The molecule has 0 radical (unpaired) electrons. The number of aromatic nitrogens is 2. The number of rotatable bonds is 7. The van der Waals surface area contributed by atoms with Crippen LogP contribution >= 0.6 is 23.4 Å². The molecule has 0 saturated carbocycles. The van der Waals surface area contributed by atoms with Gasteiger partial charge in [-0.1, -0.05) is 11.6 Å². The predicted octanol–water partition coefficient (Wildman–Crippen LogP) is 2.50. The van der Waals surface area contributed by atoms with E-state index < -0.39 is 0 Å². The second-order valence-electron chi connectivity index (χ2n) is 3.17. The fourth-order valence-corrected chi connectivity index (χ4v) is 1.87. The fourth-order valence-electron chi connectivity index (χ4n) is 1.20. The van der Waals surface area contributed by atoms with Crippen LogP contribution in [-0.2, 0) is 0 Å². The Morgan fingerprint density at radius 1 is 1.50 bits per heavy atom. The standard InChI is InChI=1S/C10H14ClN3OS/c1-16-5-3-2-4-12-10-8(6-15)9(11)13-7-14-10/h6-7H,2-5H2,1H3,(H,12,13,14). The number of halogens is 1. The SMILES string of the molecule is CSCCCCNc1ncnc(Cl)c1C=O. The molecule has 1 rings (SSSR count). The van der Waals surface area contributed by atoms with Gasteiger partial charge in [0.1, 0.15) is 17.3 Å². The van der Waals surface area contributed by atoms with Crippen LogP contribution in [0, 0.1) is 0 Å². The summed E-state index contributed by atoms with van der Waals surface area (Å²) < 4.78 is 0. The Morgan fingerprint density at radius 3 is 3.00 bits per heavy atom. The van der Waals surface area contributed by atoms with Crippen LogP contribution in [0.1, 0.15) is 23.2 Å². The van der Waals surface area contributed by atoms with Gasteiger partial charge < -0.3 is 5.32 Å². The molecule has 1 N–H and O–H groups in total. The number of hydrogen-bond acceptors (Lipinski definition) is 5. The molecule has 88 valence electrons. The number of nitrogens with zero attached hydrogens (tertiary/aromatic N) is 2. The van der Waals surface area contributed by atoms with Crippen molar-refractivity contribution in [3.63, 3.8) is 0 Å². The Bertz CT molecular complexity index is 349. The van der Waals surface area contributed by atoms with E-state index in [1.165, 1.54) is 6.33 Å². The number of carbonyl (C=O) groups is 1. The number of unbranched alkanes of at least 4 members (excludes halogenated alkanes) is 1. The van der Waals surface area contributed by atoms with Crippen LogP contribution in [0.15, 0.2) is 6.33 Å². The minimum atomic E-state index is 0.191. The van der Waals surface area contributed by atoms with Crippen LogP contribution < -0.4 is 5.32 Å². The van der Waals surface area contributed by atoms with E-state index in [1.54, 1.807) is 0 Å². The van der Waals surface area contributed by atoms with Gasteiger partial charge in [-0.2, -0.15) is 11.8 Å². The lowest BCUT2D eigenvalue weighted by atomic mass is 10.3. The highest BCUT2D eigenvalue weighted by Crippen LogP contribution is 2.17. The number of thioether (sulfide) groups is 1. The lowest BCUT2D eigenvalue weighted by Gasteiger charge is -2.07. The molecule has 0 spiro atoms. The second-order valence-corrected chi connectivity index (χ2v) is 4.51. The van der Waals surface area contributed by atoms with Gasteiger partial charge in [0.25, 0.3) is 0 Å². The molecule has 0 fully saturated rings. The topological polar surface area (TPSA) is 54.9 Å². The van der Waals surface area contributed by atoms with Crippen molar-refractivity contribution < 1.29 is 4.79 Å². The van der Waals surface area contributed by atoms with Gasteiger partial charge in [0.2, 0.25) is 0 Å². The summed E-state index contributed by atoms with van der Waals surface area (Å²) in [5.74, 6) is 1.66. The van der Waals surface area contributed by atoms with Crippen LogP contribution in [0.3, 0.4) is 0 Å². The van der Waals surface area contributed by atoms with Crippen LogP contribution in [0.25, 0.3) is 0 Å². The Kier molecular flexibility index (Phi) is 6.18. The number of nitrogens with one attached hydrogen (secondary N) is 1. The average Bonchev–Trinajstić information content (AvgIpc) is 2.29. The van der Waals surface area contributed by atoms with E-state index in [0.717, 1.165) is 25.1 Å². The van der Waals surface area contributed by atoms with Crippen LogP contribution in [0.2, 0.25) is 5.15 Å². The average molecular weight is 260 g/mol. The van der Waals surface area contributed by atoms with Crippen molar-refractivity contribution in [1.82, 2.24) is 9.97 Å². The van der Waals surface area contributed by atoms with E-state index in [2.05, 4.69) is 21.5 Å². The first-order valence-electron chi connectivity index (χ1n) is 4.98. The summed E-state index contributed by atoms with van der Waals surface area (Å²) in [6, 6.07) is 0. The molecule has 0 saturated heterocycles. The fraction of sp³-hybridized carbons (Fsp3) is 0.500. The van der Waals surface area contributed by atoms with E-state index in [0.29, 0.717) is 17.7 Å². The molecule has 0 aliphatic rings. The Morgan fingerprint density at radius 2 is 2.31 bits per heavy atom. The van der Waals surface area contributed by atoms with E-state index in [1.807, 2.05) is 11.8 Å². The quantitative estimate of drug-likeness (QED) is 0.463. The zero-order valence-corrected chi connectivity index (χ0v) is 10.6. The maximum Gasteiger partial charge on any atom is 0.156 e. The molecule has 0 atom stereocenters. The highest BCUT2D eigenvalue weighted by atomic mass is 35.5. The summed E-state index contributed by atoms with van der Waals surface area (Å²) in [6.45, 7) is 0.786. The third-order valence-corrected chi connectivity index (χ3v) is 3.02. The largest absolute Gasteiger partial charge is 0.369 e. The monoisotopic (exact) mass is 259 g/mol. The van der Waals surface area contributed by atoms with Gasteiger partial charge in [-0.15, -0.1) is 0 Å². The summed E-state index contributed by atoms with van der Waals surface area (Å²) in [5.41, 5.74) is 0.328. The minimum Gasteiger partial charge on any atom is -0.369 e. The summed E-state index contributed by atoms with van der Waals surface area (Å²) in [7, 11) is 0. The molecule has 0 aromatic carbocycles. The number of aldehydes is 1. The number of hydrogen-bond donors (Lipinski definition) is 1. The first kappa shape index (κ1) is 13.3. The second kappa shape index (κ2) is 7.46. The normalized spacial score (nSPS) is 10.1. The first-order chi connectivity index (χ1) is 7.79. The molecule has 4 nitrogen and oxygen atoms in total. The Balaban J connectivity index is 2.47. The van der Waals surface area contributed by atoms with Crippen LogP contribution in [0.4, 0.5) is 5.82 Å². The number of carbonyl (C=O) groups excluding carboxylic acids is 1. The zero-order chi connectivity index (χ0) is 11.8. The van der Waals surface area contributed by atoms with Crippen LogP contribution in [0.5, 0.6) is 0 Å². The van der Waals surface area contributed by atoms with Crippen molar-refractivity contribution in [3.8, 4) is 0 Å². The molecule has 1 heterocycles. The van der Waals surface area contributed by atoms with Crippen molar-refractivity contribution in [3.05, 3.63) is 17.0 Å². The van der Waals surface area contributed by atoms with Crippen molar-refractivity contribution in [1.29, 1.82) is 0 Å². The maximum absolute atomic E-state index is 10.8. The highest BCUT2D eigenvalue weighted by Gasteiger charge is 2.07. The molecule has 0 aliphatic heterocycles. The van der Waals surface area contributed by atoms with E-state index in [-0.39, 0.29) is 5.15 Å². The third kappa shape index (κ3) is 3.98. The lowest BCUT2D eigenvalue weighted by Crippen LogP contribution is -2.07. The van der Waals surface area contributed by atoms with Gasteiger partial charge in [0.05, 0.1) is 5.56 Å². The van der Waals surface area contributed by atoms with Gasteiger partial charge in [-0.3, -0.25) is 4.79 Å². The van der Waals surface area contributed by atoms with E-state index in [9.17, 15) is 4.79 Å². The van der Waals surface area contributed by atoms with Crippen molar-refractivity contribution >= 4 is 35.5 Å². The molecule has 0 unspecified atom stereocenters. The molecular weight excluding hydrogens is 246 g/mol. The molecule has 0 bridgehead atoms. The molecule has 1 aromatic heterocycles. The van der Waals surface area contributed by atoms with Gasteiger partial charge in [-0.05, 0) is 24.9 Å². The van der Waals surface area contributed by atoms with Gasteiger partial charge in [-0.25, -0.2) is 9.97 Å².